The number of benzene rings is 1. The Morgan fingerprint density at radius 3 is 2.33 bits per heavy atom. The van der Waals surface area contributed by atoms with Gasteiger partial charge in [-0.3, -0.25) is 9.59 Å². The van der Waals surface area contributed by atoms with Crippen molar-refractivity contribution < 1.29 is 9.59 Å². The second-order valence-corrected chi connectivity index (χ2v) is 8.80. The first-order chi connectivity index (χ1) is 14.2. The third-order valence-electron chi connectivity index (χ3n) is 5.03. The van der Waals surface area contributed by atoms with E-state index in [0.29, 0.717) is 32.1 Å². The van der Waals surface area contributed by atoms with E-state index in [4.69, 9.17) is 11.6 Å². The Labute approximate surface area is 185 Å². The first-order valence-corrected chi connectivity index (χ1v) is 11.0. The average molecular weight is 432 g/mol. The topological polar surface area (TPSA) is 45.6 Å². The Kier molecular flexibility index (Phi) is 8.97. The Morgan fingerprint density at radius 1 is 1.03 bits per heavy atom. The molecule has 0 aliphatic carbocycles. The third kappa shape index (κ3) is 6.63. The molecule has 2 aromatic rings. The van der Waals surface area contributed by atoms with Crippen molar-refractivity contribution in [3.05, 3.63) is 58.9 Å². The quantitative estimate of drug-likeness (QED) is 0.548. The number of halogens is 1. The van der Waals surface area contributed by atoms with Gasteiger partial charge in [-0.15, -0.1) is 0 Å². The van der Waals surface area contributed by atoms with Crippen LogP contribution in [-0.4, -0.2) is 45.8 Å². The first-order valence-electron chi connectivity index (χ1n) is 10.7. The number of hydrogen-bond acceptors (Lipinski definition) is 2. The molecule has 0 aliphatic rings. The lowest BCUT2D eigenvalue weighted by Crippen LogP contribution is -2.45. The van der Waals surface area contributed by atoms with Gasteiger partial charge in [0.1, 0.15) is 0 Å². The van der Waals surface area contributed by atoms with Gasteiger partial charge in [-0.25, -0.2) is 0 Å². The molecular formula is C24H34ClN3O2. The molecule has 2 rings (SSSR count). The van der Waals surface area contributed by atoms with Crippen LogP contribution in [0, 0.1) is 11.8 Å². The van der Waals surface area contributed by atoms with E-state index in [1.165, 1.54) is 0 Å². The van der Waals surface area contributed by atoms with Crippen LogP contribution in [0.1, 0.15) is 45.9 Å². The predicted molar refractivity (Wildman–Crippen MR) is 122 cm³/mol. The fourth-order valence-corrected chi connectivity index (χ4v) is 3.62. The van der Waals surface area contributed by atoms with Gasteiger partial charge in [-0.1, -0.05) is 57.5 Å². The summed E-state index contributed by atoms with van der Waals surface area (Å²) in [6.07, 6.45) is 2.01. The standard InChI is InChI=1S/C24H34ClN3O2/c1-6-26(24(30)19(4)5)17-23(29)28(14-18(2)3)16-21-11-9-13-27(21)15-20-10-7-8-12-22(20)25/h7-13,18-19H,6,14-17H2,1-5H3. The molecule has 0 bridgehead atoms. The molecule has 2 amide bonds. The maximum atomic E-state index is 13.1. The second kappa shape index (κ2) is 11.2. The Morgan fingerprint density at radius 2 is 1.73 bits per heavy atom. The summed E-state index contributed by atoms with van der Waals surface area (Å²) in [5.74, 6) is 0.198. The van der Waals surface area contributed by atoms with Crippen LogP contribution in [0.4, 0.5) is 0 Å². The summed E-state index contributed by atoms with van der Waals surface area (Å²) in [7, 11) is 0. The summed E-state index contributed by atoms with van der Waals surface area (Å²) in [5, 5.41) is 0.734. The van der Waals surface area contributed by atoms with Crippen molar-refractivity contribution in [2.75, 3.05) is 19.6 Å². The summed E-state index contributed by atoms with van der Waals surface area (Å²) >= 11 is 6.33. The van der Waals surface area contributed by atoms with Gasteiger partial charge >= 0.3 is 0 Å². The van der Waals surface area contributed by atoms with Gasteiger partial charge in [-0.05, 0) is 36.6 Å². The van der Waals surface area contributed by atoms with Gasteiger partial charge in [0.05, 0.1) is 13.1 Å². The van der Waals surface area contributed by atoms with Crippen LogP contribution in [-0.2, 0) is 22.7 Å². The van der Waals surface area contributed by atoms with E-state index in [9.17, 15) is 9.59 Å². The molecule has 1 aromatic carbocycles. The summed E-state index contributed by atoms with van der Waals surface area (Å²) in [4.78, 5) is 29.0. The fourth-order valence-electron chi connectivity index (χ4n) is 3.42. The van der Waals surface area contributed by atoms with E-state index < -0.39 is 0 Å². The smallest absolute Gasteiger partial charge is 0.242 e. The van der Waals surface area contributed by atoms with Crippen LogP contribution < -0.4 is 0 Å². The van der Waals surface area contributed by atoms with E-state index in [2.05, 4.69) is 18.4 Å². The molecule has 0 fully saturated rings. The van der Waals surface area contributed by atoms with Crippen LogP contribution >= 0.6 is 11.6 Å². The van der Waals surface area contributed by atoms with Crippen LogP contribution in [0.25, 0.3) is 0 Å². The van der Waals surface area contributed by atoms with Gasteiger partial charge in [0.25, 0.3) is 0 Å². The lowest BCUT2D eigenvalue weighted by molar-refractivity contribution is -0.142. The second-order valence-electron chi connectivity index (χ2n) is 8.39. The number of aromatic nitrogens is 1. The summed E-state index contributed by atoms with van der Waals surface area (Å²) in [6.45, 7) is 12.3. The number of hydrogen-bond donors (Lipinski definition) is 0. The molecule has 0 unspecified atom stereocenters. The molecule has 1 aromatic heterocycles. The molecule has 0 saturated heterocycles. The normalized spacial score (nSPS) is 11.2. The average Bonchev–Trinajstić information content (AvgIpc) is 3.12. The minimum absolute atomic E-state index is 0.0115. The Hall–Kier alpha value is -2.27. The van der Waals surface area contributed by atoms with E-state index >= 15 is 0 Å². The van der Waals surface area contributed by atoms with Crippen molar-refractivity contribution in [3.63, 3.8) is 0 Å². The molecule has 0 saturated carbocycles. The zero-order valence-electron chi connectivity index (χ0n) is 18.8. The number of amides is 2. The summed E-state index contributed by atoms with van der Waals surface area (Å²) < 4.78 is 2.12. The molecule has 5 nitrogen and oxygen atoms in total. The Balaban J connectivity index is 2.17. The fraction of sp³-hybridized carbons (Fsp3) is 0.500. The van der Waals surface area contributed by atoms with Gasteiger partial charge in [0, 0.05) is 42.5 Å². The minimum atomic E-state index is -0.121. The number of rotatable bonds is 10. The van der Waals surface area contributed by atoms with Crippen molar-refractivity contribution in [3.8, 4) is 0 Å². The SMILES string of the molecule is CCN(CC(=O)N(Cc1cccn1Cc1ccccc1Cl)CC(C)C)C(=O)C(C)C. The lowest BCUT2D eigenvalue weighted by Gasteiger charge is -2.29. The summed E-state index contributed by atoms with van der Waals surface area (Å²) in [5.41, 5.74) is 2.08. The largest absolute Gasteiger partial charge is 0.345 e. The van der Waals surface area contributed by atoms with E-state index in [-0.39, 0.29) is 24.3 Å². The monoisotopic (exact) mass is 431 g/mol. The van der Waals surface area contributed by atoms with E-state index in [1.807, 2.05) is 68.3 Å². The van der Waals surface area contributed by atoms with Crippen molar-refractivity contribution in [2.45, 2.75) is 47.7 Å². The van der Waals surface area contributed by atoms with Crippen LogP contribution in [0.2, 0.25) is 5.02 Å². The molecular weight excluding hydrogens is 398 g/mol. The highest BCUT2D eigenvalue weighted by Gasteiger charge is 2.23. The van der Waals surface area contributed by atoms with Crippen molar-refractivity contribution >= 4 is 23.4 Å². The molecule has 164 valence electrons. The van der Waals surface area contributed by atoms with E-state index in [1.54, 1.807) is 4.90 Å². The number of carbonyl (C=O) groups excluding carboxylic acids is 2. The molecule has 0 aliphatic heterocycles. The molecule has 0 spiro atoms. The molecule has 0 N–H and O–H groups in total. The Bertz CT molecular complexity index is 844. The van der Waals surface area contributed by atoms with Gasteiger partial charge in [0.15, 0.2) is 0 Å². The van der Waals surface area contributed by atoms with Crippen LogP contribution in [0.3, 0.4) is 0 Å². The maximum Gasteiger partial charge on any atom is 0.242 e. The number of likely N-dealkylation sites (N-methyl/N-ethyl adjacent to an activating group) is 1. The molecule has 30 heavy (non-hydrogen) atoms. The zero-order chi connectivity index (χ0) is 22.3. The third-order valence-corrected chi connectivity index (χ3v) is 5.40. The highest BCUT2D eigenvalue weighted by molar-refractivity contribution is 6.31. The number of carbonyl (C=O) groups is 2. The maximum absolute atomic E-state index is 13.1. The predicted octanol–water partition coefficient (Wildman–Crippen LogP) is 4.68. The van der Waals surface area contributed by atoms with Crippen molar-refractivity contribution in [1.82, 2.24) is 14.4 Å². The van der Waals surface area contributed by atoms with Gasteiger partial charge in [0.2, 0.25) is 11.8 Å². The lowest BCUT2D eigenvalue weighted by atomic mass is 10.1. The highest BCUT2D eigenvalue weighted by Crippen LogP contribution is 2.18. The molecule has 0 atom stereocenters. The van der Waals surface area contributed by atoms with Gasteiger partial charge < -0.3 is 14.4 Å². The molecule has 1 heterocycles. The van der Waals surface area contributed by atoms with Crippen molar-refractivity contribution in [2.24, 2.45) is 11.8 Å². The zero-order valence-corrected chi connectivity index (χ0v) is 19.5. The van der Waals surface area contributed by atoms with Crippen LogP contribution in [0.15, 0.2) is 42.6 Å². The molecule has 0 radical (unpaired) electrons. The van der Waals surface area contributed by atoms with E-state index in [0.717, 1.165) is 16.3 Å². The van der Waals surface area contributed by atoms with Crippen LogP contribution in [0.5, 0.6) is 0 Å². The van der Waals surface area contributed by atoms with Crippen molar-refractivity contribution in [1.29, 1.82) is 0 Å². The van der Waals surface area contributed by atoms with Gasteiger partial charge in [-0.2, -0.15) is 0 Å². The number of nitrogens with zero attached hydrogens (tertiary/aromatic N) is 3. The highest BCUT2D eigenvalue weighted by atomic mass is 35.5. The summed E-state index contributed by atoms with van der Waals surface area (Å²) in [6, 6.07) is 11.8. The minimum Gasteiger partial charge on any atom is -0.345 e. The molecule has 6 heteroatoms. The first kappa shape index (κ1) is 24.0.